The van der Waals surface area contributed by atoms with Crippen LogP contribution in [0, 0.1) is 11.3 Å². The lowest BCUT2D eigenvalue weighted by Gasteiger charge is -2.42. The van der Waals surface area contributed by atoms with Crippen molar-refractivity contribution < 1.29 is 14.3 Å². The second-order valence-corrected chi connectivity index (χ2v) is 6.09. The van der Waals surface area contributed by atoms with Crippen molar-refractivity contribution >= 4 is 5.78 Å². The molecule has 0 unspecified atom stereocenters. The molecule has 1 aliphatic heterocycles. The smallest absolute Gasteiger partial charge is 0.157 e. The number of hydrogen-bond donors (Lipinski definition) is 0. The van der Waals surface area contributed by atoms with E-state index in [1.165, 1.54) is 0 Å². The van der Waals surface area contributed by atoms with Crippen LogP contribution in [-0.2, 0) is 14.3 Å². The molecule has 0 radical (unpaired) electrons. The Kier molecular flexibility index (Phi) is 5.17. The molecule has 0 bridgehead atoms. The molecule has 1 saturated heterocycles. The van der Waals surface area contributed by atoms with E-state index in [1.807, 2.05) is 6.08 Å². The first kappa shape index (κ1) is 14.7. The molecule has 1 saturated carbocycles. The second kappa shape index (κ2) is 6.67. The van der Waals surface area contributed by atoms with Crippen molar-refractivity contribution in [3.8, 4) is 0 Å². The third kappa shape index (κ3) is 3.67. The lowest BCUT2D eigenvalue weighted by Crippen LogP contribution is -2.38. The van der Waals surface area contributed by atoms with E-state index >= 15 is 0 Å². The van der Waals surface area contributed by atoms with Crippen LogP contribution in [0.5, 0.6) is 0 Å². The van der Waals surface area contributed by atoms with E-state index in [-0.39, 0.29) is 11.7 Å². The number of carbonyl (C=O) groups is 1. The minimum atomic E-state index is -0.0810. The molecule has 1 heterocycles. The topological polar surface area (TPSA) is 35.5 Å². The number of carbonyl (C=O) groups excluding carboxylic acids is 1. The van der Waals surface area contributed by atoms with Gasteiger partial charge >= 0.3 is 0 Å². The van der Waals surface area contributed by atoms with Gasteiger partial charge in [0.1, 0.15) is 5.78 Å². The Balaban J connectivity index is 2.00. The van der Waals surface area contributed by atoms with Gasteiger partial charge in [-0.3, -0.25) is 4.79 Å². The van der Waals surface area contributed by atoms with Gasteiger partial charge in [0, 0.05) is 19.3 Å². The first-order valence-electron chi connectivity index (χ1n) is 7.52. The van der Waals surface area contributed by atoms with Crippen LogP contribution >= 0.6 is 0 Å². The van der Waals surface area contributed by atoms with Crippen LogP contribution in [0.25, 0.3) is 0 Å². The summed E-state index contributed by atoms with van der Waals surface area (Å²) in [6.45, 7) is 7.71. The predicted octanol–water partition coefficient (Wildman–Crippen LogP) is 3.48. The highest BCUT2D eigenvalue weighted by Crippen LogP contribution is 2.46. The van der Waals surface area contributed by atoms with E-state index in [0.29, 0.717) is 18.1 Å². The van der Waals surface area contributed by atoms with Crippen molar-refractivity contribution in [1.29, 1.82) is 0 Å². The average Bonchev–Trinajstić information content (AvgIpc) is 2.40. The molecule has 0 amide bonds. The molecule has 0 aromatic rings. The minimum Gasteiger partial charge on any atom is -0.353 e. The maximum Gasteiger partial charge on any atom is 0.157 e. The number of ketones is 1. The number of rotatable bonds is 5. The molecule has 19 heavy (non-hydrogen) atoms. The van der Waals surface area contributed by atoms with E-state index in [2.05, 4.69) is 13.5 Å². The van der Waals surface area contributed by atoms with Gasteiger partial charge in [0.15, 0.2) is 6.29 Å². The predicted molar refractivity (Wildman–Crippen MR) is 74.8 cm³/mol. The van der Waals surface area contributed by atoms with Gasteiger partial charge in [-0.15, -0.1) is 6.58 Å². The summed E-state index contributed by atoms with van der Waals surface area (Å²) in [6.07, 6.45) is 8.28. The van der Waals surface area contributed by atoms with Gasteiger partial charge in [-0.1, -0.05) is 13.0 Å². The fourth-order valence-electron chi connectivity index (χ4n) is 3.50. The highest BCUT2D eigenvalue weighted by Gasteiger charge is 2.40. The molecule has 2 fully saturated rings. The zero-order valence-corrected chi connectivity index (χ0v) is 12.0. The summed E-state index contributed by atoms with van der Waals surface area (Å²) in [5, 5.41) is 0. The van der Waals surface area contributed by atoms with Crippen LogP contribution in [-0.4, -0.2) is 25.3 Å². The van der Waals surface area contributed by atoms with Gasteiger partial charge in [-0.05, 0) is 37.0 Å². The van der Waals surface area contributed by atoms with Crippen LogP contribution < -0.4 is 0 Å². The monoisotopic (exact) mass is 266 g/mol. The van der Waals surface area contributed by atoms with Crippen molar-refractivity contribution in [2.24, 2.45) is 11.3 Å². The average molecular weight is 266 g/mol. The summed E-state index contributed by atoms with van der Waals surface area (Å²) in [7, 11) is 0. The van der Waals surface area contributed by atoms with E-state index in [9.17, 15) is 4.79 Å². The summed E-state index contributed by atoms with van der Waals surface area (Å²) in [5.41, 5.74) is 0.0846. The largest absolute Gasteiger partial charge is 0.353 e. The number of ether oxygens (including phenoxy) is 2. The molecule has 2 aliphatic rings. The van der Waals surface area contributed by atoms with Crippen LogP contribution in [0.4, 0.5) is 0 Å². The molecular weight excluding hydrogens is 240 g/mol. The van der Waals surface area contributed by atoms with Gasteiger partial charge < -0.3 is 9.47 Å². The molecular formula is C16H26O3. The van der Waals surface area contributed by atoms with Crippen LogP contribution in [0.3, 0.4) is 0 Å². The molecule has 2 rings (SSSR count). The first-order chi connectivity index (χ1) is 9.16. The van der Waals surface area contributed by atoms with Crippen molar-refractivity contribution in [2.45, 2.75) is 58.2 Å². The van der Waals surface area contributed by atoms with Gasteiger partial charge in [0.05, 0.1) is 13.2 Å². The Bertz CT molecular complexity index is 320. The molecule has 0 spiro atoms. The van der Waals surface area contributed by atoms with Crippen molar-refractivity contribution in [3.63, 3.8) is 0 Å². The fourth-order valence-corrected chi connectivity index (χ4v) is 3.50. The SMILES string of the molecule is C=CC[C@]1([C@@H](C)CC2OCCCO2)CCCC(=O)C1. The van der Waals surface area contributed by atoms with Gasteiger partial charge in [0.2, 0.25) is 0 Å². The van der Waals surface area contributed by atoms with Gasteiger partial charge in [-0.25, -0.2) is 0 Å². The maximum absolute atomic E-state index is 11.9. The standard InChI is InChI=1S/C16H26O3/c1-3-7-16(8-4-6-14(17)12-16)13(2)11-15-18-9-5-10-19-15/h3,13,15H,1,4-12H2,2H3/t13-,16-/m0/s1. The van der Waals surface area contributed by atoms with Crippen LogP contribution in [0.2, 0.25) is 0 Å². The van der Waals surface area contributed by atoms with Crippen LogP contribution in [0.15, 0.2) is 12.7 Å². The van der Waals surface area contributed by atoms with Crippen molar-refractivity contribution in [3.05, 3.63) is 12.7 Å². The van der Waals surface area contributed by atoms with Gasteiger partial charge in [-0.2, -0.15) is 0 Å². The number of hydrogen-bond acceptors (Lipinski definition) is 3. The maximum atomic E-state index is 11.9. The summed E-state index contributed by atoms with van der Waals surface area (Å²) >= 11 is 0. The summed E-state index contributed by atoms with van der Waals surface area (Å²) < 4.78 is 11.3. The number of Topliss-reactive ketones (excluding diaryl/α,β-unsaturated/α-hetero) is 1. The zero-order valence-electron chi connectivity index (χ0n) is 12.0. The van der Waals surface area contributed by atoms with E-state index in [1.54, 1.807) is 0 Å². The molecule has 1 aliphatic carbocycles. The molecule has 3 heteroatoms. The number of allylic oxidation sites excluding steroid dienone is 1. The van der Waals surface area contributed by atoms with E-state index in [0.717, 1.165) is 51.7 Å². The Morgan fingerprint density at radius 1 is 1.42 bits per heavy atom. The molecule has 0 aromatic heterocycles. The summed E-state index contributed by atoms with van der Waals surface area (Å²) in [4.78, 5) is 11.9. The van der Waals surface area contributed by atoms with Crippen LogP contribution in [0.1, 0.15) is 51.9 Å². The third-order valence-electron chi connectivity index (χ3n) is 4.72. The Morgan fingerprint density at radius 3 is 2.79 bits per heavy atom. The van der Waals surface area contributed by atoms with Crippen molar-refractivity contribution in [1.82, 2.24) is 0 Å². The van der Waals surface area contributed by atoms with E-state index < -0.39 is 0 Å². The molecule has 108 valence electrons. The summed E-state index contributed by atoms with van der Waals surface area (Å²) in [5.74, 6) is 0.836. The highest BCUT2D eigenvalue weighted by molar-refractivity contribution is 5.80. The fraction of sp³-hybridized carbons (Fsp3) is 0.812. The van der Waals surface area contributed by atoms with Crippen molar-refractivity contribution in [2.75, 3.05) is 13.2 Å². The Hall–Kier alpha value is -0.670. The molecule has 0 N–H and O–H groups in total. The molecule has 3 nitrogen and oxygen atoms in total. The van der Waals surface area contributed by atoms with E-state index in [4.69, 9.17) is 9.47 Å². The lowest BCUT2D eigenvalue weighted by atomic mass is 9.63. The molecule has 2 atom stereocenters. The lowest BCUT2D eigenvalue weighted by molar-refractivity contribution is -0.191. The second-order valence-electron chi connectivity index (χ2n) is 6.09. The Morgan fingerprint density at radius 2 is 2.16 bits per heavy atom. The minimum absolute atomic E-state index is 0.0810. The quantitative estimate of drug-likeness (QED) is 0.715. The third-order valence-corrected chi connectivity index (χ3v) is 4.72. The highest BCUT2D eigenvalue weighted by atomic mass is 16.7. The first-order valence-corrected chi connectivity index (χ1v) is 7.52. The summed E-state index contributed by atoms with van der Waals surface area (Å²) in [6, 6.07) is 0. The molecule has 0 aromatic carbocycles. The van der Waals surface area contributed by atoms with Gasteiger partial charge in [0.25, 0.3) is 0 Å². The zero-order chi connectivity index (χ0) is 13.7. The normalized spacial score (nSPS) is 31.1. The Labute approximate surface area is 116 Å².